The molecule has 0 radical (unpaired) electrons. The molecule has 2 amide bonds. The molecule has 0 aliphatic carbocycles. The molecule has 136 valence electrons. The number of carboxylic acids is 1. The fourth-order valence-corrected chi connectivity index (χ4v) is 3.19. The Morgan fingerprint density at radius 3 is 2.72 bits per heavy atom. The number of anilines is 1. The van der Waals surface area contributed by atoms with Crippen LogP contribution in [0.15, 0.2) is 29.2 Å². The molecule has 0 aromatic heterocycles. The number of hydrogen-bond acceptors (Lipinski definition) is 5. The number of amides is 2. The second-order valence-corrected chi connectivity index (χ2v) is 7.52. The van der Waals surface area contributed by atoms with Crippen molar-refractivity contribution in [3.63, 3.8) is 0 Å². The number of primary sulfonamides is 1. The average molecular weight is 369 g/mol. The summed E-state index contributed by atoms with van der Waals surface area (Å²) in [5.74, 6) is -2.40. The number of nitrogens with one attached hydrogen (secondary N) is 1. The normalized spacial score (nSPS) is 18.9. The standard InChI is InChI=1S/C15H19N3O6S/c1-9(5-14(20)21)17-15(22)10-6-13(19)18(8-10)11-3-2-4-12(7-11)25(16,23)24/h2-4,7,9-10H,5-6,8H2,1H3,(H,17,22)(H,20,21)(H2,16,23,24). The third kappa shape index (κ3) is 4.77. The summed E-state index contributed by atoms with van der Waals surface area (Å²) in [6, 6.07) is 5.06. The summed E-state index contributed by atoms with van der Waals surface area (Å²) in [5.41, 5.74) is 0.338. The predicted molar refractivity (Wildman–Crippen MR) is 88.1 cm³/mol. The minimum Gasteiger partial charge on any atom is -0.481 e. The highest BCUT2D eigenvalue weighted by atomic mass is 32.2. The highest BCUT2D eigenvalue weighted by Crippen LogP contribution is 2.27. The number of benzene rings is 1. The molecule has 0 bridgehead atoms. The van der Waals surface area contributed by atoms with Crippen molar-refractivity contribution in [1.29, 1.82) is 0 Å². The van der Waals surface area contributed by atoms with Crippen LogP contribution in [-0.4, -0.2) is 43.9 Å². The van der Waals surface area contributed by atoms with E-state index in [1.54, 1.807) is 13.0 Å². The monoisotopic (exact) mass is 369 g/mol. The number of carboxylic acid groups (broad SMARTS) is 1. The first-order chi connectivity index (χ1) is 11.6. The lowest BCUT2D eigenvalue weighted by Gasteiger charge is -2.18. The Bertz CT molecular complexity index is 807. The third-order valence-corrected chi connectivity index (χ3v) is 4.73. The van der Waals surface area contributed by atoms with Crippen LogP contribution in [0.1, 0.15) is 19.8 Å². The predicted octanol–water partition coefficient (Wildman–Crippen LogP) is -0.334. The van der Waals surface area contributed by atoms with Crippen LogP contribution in [0, 0.1) is 5.92 Å². The first-order valence-corrected chi connectivity index (χ1v) is 9.08. The van der Waals surface area contributed by atoms with Crippen molar-refractivity contribution in [3.8, 4) is 0 Å². The summed E-state index contributed by atoms with van der Waals surface area (Å²) in [6.07, 6.45) is -0.252. The van der Waals surface area contributed by atoms with E-state index in [-0.39, 0.29) is 30.2 Å². The first-order valence-electron chi connectivity index (χ1n) is 7.53. The van der Waals surface area contributed by atoms with Gasteiger partial charge in [-0.15, -0.1) is 0 Å². The fraction of sp³-hybridized carbons (Fsp3) is 0.400. The Morgan fingerprint density at radius 2 is 2.12 bits per heavy atom. The van der Waals surface area contributed by atoms with Crippen LogP contribution < -0.4 is 15.4 Å². The average Bonchev–Trinajstić information content (AvgIpc) is 2.87. The van der Waals surface area contributed by atoms with Crippen molar-refractivity contribution in [2.24, 2.45) is 11.1 Å². The van der Waals surface area contributed by atoms with E-state index in [2.05, 4.69) is 5.32 Å². The summed E-state index contributed by atoms with van der Waals surface area (Å²) >= 11 is 0. The van der Waals surface area contributed by atoms with Crippen LogP contribution in [0.4, 0.5) is 5.69 Å². The molecule has 0 saturated carbocycles. The van der Waals surface area contributed by atoms with Gasteiger partial charge in [-0.25, -0.2) is 13.6 Å². The zero-order valence-corrected chi connectivity index (χ0v) is 14.3. The van der Waals surface area contributed by atoms with E-state index in [0.29, 0.717) is 5.69 Å². The molecule has 1 aliphatic heterocycles. The summed E-state index contributed by atoms with van der Waals surface area (Å²) in [6.45, 7) is 1.65. The Morgan fingerprint density at radius 1 is 1.44 bits per heavy atom. The molecule has 2 unspecified atom stereocenters. The molecule has 10 heteroatoms. The molecule has 2 atom stereocenters. The molecule has 2 rings (SSSR count). The van der Waals surface area contributed by atoms with Crippen LogP contribution in [0.5, 0.6) is 0 Å². The van der Waals surface area contributed by atoms with Gasteiger partial charge in [-0.3, -0.25) is 14.4 Å². The van der Waals surface area contributed by atoms with Crippen LogP contribution in [0.25, 0.3) is 0 Å². The molecule has 0 spiro atoms. The maximum Gasteiger partial charge on any atom is 0.305 e. The van der Waals surface area contributed by atoms with Gasteiger partial charge in [0, 0.05) is 24.7 Å². The van der Waals surface area contributed by atoms with Crippen LogP contribution in [-0.2, 0) is 24.4 Å². The molecule has 25 heavy (non-hydrogen) atoms. The van der Waals surface area contributed by atoms with E-state index in [4.69, 9.17) is 10.2 Å². The Kier molecular flexibility index (Phi) is 5.43. The van der Waals surface area contributed by atoms with E-state index >= 15 is 0 Å². The minimum atomic E-state index is -3.90. The Balaban J connectivity index is 2.10. The lowest BCUT2D eigenvalue weighted by atomic mass is 10.1. The van der Waals surface area contributed by atoms with E-state index < -0.39 is 33.9 Å². The number of sulfonamides is 1. The largest absolute Gasteiger partial charge is 0.481 e. The zero-order chi connectivity index (χ0) is 18.8. The molecule has 1 fully saturated rings. The quantitative estimate of drug-likeness (QED) is 0.625. The lowest BCUT2D eigenvalue weighted by Crippen LogP contribution is -2.39. The second kappa shape index (κ2) is 7.19. The minimum absolute atomic E-state index is 0.0365. The van der Waals surface area contributed by atoms with E-state index in [1.807, 2.05) is 0 Å². The van der Waals surface area contributed by atoms with E-state index in [0.717, 1.165) is 0 Å². The number of rotatable bonds is 6. The number of nitrogens with two attached hydrogens (primary N) is 1. The number of carbonyl (C=O) groups is 3. The van der Waals surface area contributed by atoms with Crippen LogP contribution in [0.2, 0.25) is 0 Å². The first kappa shape index (κ1) is 18.9. The third-order valence-electron chi connectivity index (χ3n) is 3.82. The molecule has 1 aromatic rings. The van der Waals surface area contributed by atoms with E-state index in [1.165, 1.54) is 23.1 Å². The topological polar surface area (TPSA) is 147 Å². The number of carbonyl (C=O) groups excluding carboxylic acids is 2. The molecule has 4 N–H and O–H groups in total. The van der Waals surface area contributed by atoms with Gasteiger partial charge >= 0.3 is 5.97 Å². The zero-order valence-electron chi connectivity index (χ0n) is 13.5. The Labute approximate surface area is 144 Å². The van der Waals surface area contributed by atoms with Crippen LogP contribution in [0.3, 0.4) is 0 Å². The van der Waals surface area contributed by atoms with Gasteiger partial charge in [0.2, 0.25) is 21.8 Å². The maximum absolute atomic E-state index is 12.2. The van der Waals surface area contributed by atoms with Crippen molar-refractivity contribution in [3.05, 3.63) is 24.3 Å². The van der Waals surface area contributed by atoms with Gasteiger partial charge in [0.25, 0.3) is 0 Å². The van der Waals surface area contributed by atoms with Gasteiger partial charge in [-0.1, -0.05) is 6.07 Å². The van der Waals surface area contributed by atoms with Gasteiger partial charge < -0.3 is 15.3 Å². The molecule has 1 aromatic carbocycles. The Hall–Kier alpha value is -2.46. The molecular weight excluding hydrogens is 350 g/mol. The van der Waals surface area contributed by atoms with E-state index in [9.17, 15) is 22.8 Å². The summed E-state index contributed by atoms with van der Waals surface area (Å²) in [7, 11) is -3.90. The number of aliphatic carboxylic acids is 1. The lowest BCUT2D eigenvalue weighted by molar-refractivity contribution is -0.137. The summed E-state index contributed by atoms with van der Waals surface area (Å²) in [5, 5.41) is 16.4. The molecule has 9 nitrogen and oxygen atoms in total. The maximum atomic E-state index is 12.2. The van der Waals surface area contributed by atoms with Crippen molar-refractivity contribution < 1.29 is 27.9 Å². The van der Waals surface area contributed by atoms with Gasteiger partial charge in [0.05, 0.1) is 17.2 Å². The SMILES string of the molecule is CC(CC(=O)O)NC(=O)C1CC(=O)N(c2cccc(S(N)(=O)=O)c2)C1. The molecular formula is C15H19N3O6S. The van der Waals surface area contributed by atoms with Crippen molar-refractivity contribution in [1.82, 2.24) is 5.32 Å². The molecule has 1 aliphatic rings. The van der Waals surface area contributed by atoms with Gasteiger partial charge in [0.15, 0.2) is 0 Å². The van der Waals surface area contributed by atoms with Gasteiger partial charge in [0.1, 0.15) is 0 Å². The van der Waals surface area contributed by atoms with Gasteiger partial charge in [-0.2, -0.15) is 0 Å². The van der Waals surface area contributed by atoms with Gasteiger partial charge in [-0.05, 0) is 25.1 Å². The highest BCUT2D eigenvalue weighted by molar-refractivity contribution is 7.89. The fourth-order valence-electron chi connectivity index (χ4n) is 2.63. The highest BCUT2D eigenvalue weighted by Gasteiger charge is 2.35. The second-order valence-electron chi connectivity index (χ2n) is 5.96. The molecule has 1 heterocycles. The molecule has 1 saturated heterocycles. The summed E-state index contributed by atoms with van der Waals surface area (Å²) < 4.78 is 22.9. The smallest absolute Gasteiger partial charge is 0.305 e. The van der Waals surface area contributed by atoms with Crippen molar-refractivity contribution >= 4 is 33.5 Å². The van der Waals surface area contributed by atoms with Crippen molar-refractivity contribution in [2.45, 2.75) is 30.7 Å². The van der Waals surface area contributed by atoms with Crippen LogP contribution >= 0.6 is 0 Å². The number of hydrogen-bond donors (Lipinski definition) is 3. The summed E-state index contributed by atoms with van der Waals surface area (Å²) in [4.78, 5) is 36.2. The number of nitrogens with zero attached hydrogens (tertiary/aromatic N) is 1. The van der Waals surface area contributed by atoms with Crippen molar-refractivity contribution in [2.75, 3.05) is 11.4 Å².